The zero-order valence-corrected chi connectivity index (χ0v) is 14.9. The molecule has 1 heterocycles. The number of amides is 2. The number of rotatable bonds is 6. The van der Waals surface area contributed by atoms with Gasteiger partial charge in [0.25, 0.3) is 5.91 Å². The second-order valence-corrected chi connectivity index (χ2v) is 6.17. The number of hydrogen-bond donors (Lipinski definition) is 2. The fourth-order valence-corrected chi connectivity index (χ4v) is 2.79. The van der Waals surface area contributed by atoms with E-state index < -0.39 is 24.0 Å². The van der Waals surface area contributed by atoms with E-state index in [0.29, 0.717) is 5.56 Å². The number of carbonyl (C=O) groups excluding carboxylic acids is 2. The summed E-state index contributed by atoms with van der Waals surface area (Å²) in [6.45, 7) is -0.303. The van der Waals surface area contributed by atoms with Crippen molar-refractivity contribution in [3.05, 3.63) is 71.8 Å². The molecule has 2 aromatic rings. The van der Waals surface area contributed by atoms with E-state index in [2.05, 4.69) is 10.3 Å². The fraction of sp³-hybridized carbons (Fsp3) is 0.200. The van der Waals surface area contributed by atoms with Crippen LogP contribution in [0.15, 0.2) is 65.7 Å². The number of hydrogen-bond acceptors (Lipinski definition) is 5. The summed E-state index contributed by atoms with van der Waals surface area (Å²) in [5, 5.41) is 11.6. The monoisotopic (exact) mass is 381 g/mol. The van der Waals surface area contributed by atoms with Crippen molar-refractivity contribution in [2.75, 3.05) is 13.1 Å². The number of aliphatic carboxylic acids is 1. The van der Waals surface area contributed by atoms with Crippen molar-refractivity contribution in [1.29, 1.82) is 0 Å². The van der Waals surface area contributed by atoms with Crippen molar-refractivity contribution in [1.82, 2.24) is 10.2 Å². The van der Waals surface area contributed by atoms with Gasteiger partial charge in [-0.1, -0.05) is 60.7 Å². The highest BCUT2D eigenvalue weighted by Crippen LogP contribution is 2.13. The molecule has 0 saturated carbocycles. The Morgan fingerprint density at radius 2 is 1.75 bits per heavy atom. The van der Waals surface area contributed by atoms with Crippen LogP contribution >= 0.6 is 0 Å². The number of benzene rings is 2. The minimum atomic E-state index is -1.07. The highest BCUT2D eigenvalue weighted by atomic mass is 16.5. The number of nitrogens with one attached hydrogen (secondary N) is 1. The molecule has 2 N–H and O–H groups in total. The molecule has 0 saturated heterocycles. The molecule has 144 valence electrons. The van der Waals surface area contributed by atoms with Gasteiger partial charge in [-0.15, -0.1) is 0 Å². The van der Waals surface area contributed by atoms with E-state index in [1.165, 1.54) is 4.90 Å². The Morgan fingerprint density at radius 1 is 1.11 bits per heavy atom. The molecule has 0 aromatic heterocycles. The van der Waals surface area contributed by atoms with Crippen LogP contribution in [0.5, 0.6) is 0 Å². The lowest BCUT2D eigenvalue weighted by Crippen LogP contribution is -2.54. The summed E-state index contributed by atoms with van der Waals surface area (Å²) in [5.74, 6) is -1.36. The maximum atomic E-state index is 12.4. The van der Waals surface area contributed by atoms with Crippen molar-refractivity contribution < 1.29 is 24.2 Å². The van der Waals surface area contributed by atoms with Gasteiger partial charge < -0.3 is 20.1 Å². The molecule has 0 spiro atoms. The van der Waals surface area contributed by atoms with E-state index in [-0.39, 0.29) is 25.5 Å². The summed E-state index contributed by atoms with van der Waals surface area (Å²) in [4.78, 5) is 41.1. The summed E-state index contributed by atoms with van der Waals surface area (Å²) in [6.07, 6.45) is -0.768. The van der Waals surface area contributed by atoms with E-state index in [1.807, 2.05) is 36.4 Å². The predicted octanol–water partition coefficient (Wildman–Crippen LogP) is 1.65. The van der Waals surface area contributed by atoms with Crippen LogP contribution in [0.1, 0.15) is 11.1 Å². The van der Waals surface area contributed by atoms with Gasteiger partial charge in [-0.05, 0) is 5.56 Å². The summed E-state index contributed by atoms with van der Waals surface area (Å²) < 4.78 is 5.12. The fourth-order valence-electron chi connectivity index (χ4n) is 2.79. The number of ether oxygens (including phenoxy) is 1. The maximum absolute atomic E-state index is 12.4. The molecule has 1 atom stereocenters. The van der Waals surface area contributed by atoms with Gasteiger partial charge in [0.1, 0.15) is 25.0 Å². The molecule has 1 aliphatic heterocycles. The van der Waals surface area contributed by atoms with Gasteiger partial charge in [0.15, 0.2) is 0 Å². The Bertz CT molecular complexity index is 883. The van der Waals surface area contributed by atoms with E-state index in [9.17, 15) is 19.5 Å². The molecule has 28 heavy (non-hydrogen) atoms. The molecule has 8 heteroatoms. The second kappa shape index (κ2) is 8.81. The topological polar surface area (TPSA) is 108 Å². The van der Waals surface area contributed by atoms with Crippen LogP contribution in [0, 0.1) is 0 Å². The highest BCUT2D eigenvalue weighted by molar-refractivity contribution is 6.09. The molecular formula is C20H19N3O5. The van der Waals surface area contributed by atoms with Crippen molar-refractivity contribution in [3.63, 3.8) is 0 Å². The Labute approximate surface area is 161 Å². The third-order valence-electron chi connectivity index (χ3n) is 4.08. The number of alkyl carbamates (subject to hydrolysis) is 1. The van der Waals surface area contributed by atoms with E-state index in [4.69, 9.17) is 4.74 Å². The molecule has 2 aromatic carbocycles. The van der Waals surface area contributed by atoms with E-state index >= 15 is 0 Å². The molecule has 3 rings (SSSR count). The minimum Gasteiger partial charge on any atom is -0.480 e. The van der Waals surface area contributed by atoms with Crippen molar-refractivity contribution >= 4 is 23.8 Å². The van der Waals surface area contributed by atoms with Crippen LogP contribution in [-0.2, 0) is 20.9 Å². The first-order valence-electron chi connectivity index (χ1n) is 8.65. The Kier molecular flexibility index (Phi) is 6.01. The molecule has 0 radical (unpaired) electrons. The van der Waals surface area contributed by atoms with Gasteiger partial charge in [-0.3, -0.25) is 9.59 Å². The summed E-state index contributed by atoms with van der Waals surface area (Å²) in [7, 11) is 0. The first kappa shape index (κ1) is 19.1. The average Bonchev–Trinajstić information content (AvgIpc) is 2.70. The SMILES string of the molecule is O=C(O)CN1CC(NC(=O)OCc2ccccc2)C(=O)N=C1c1ccccc1. The normalized spacial score (nSPS) is 16.3. The molecular weight excluding hydrogens is 362 g/mol. The Hall–Kier alpha value is -3.68. The van der Waals surface area contributed by atoms with E-state index in [1.54, 1.807) is 24.3 Å². The van der Waals surface area contributed by atoms with Gasteiger partial charge in [-0.25, -0.2) is 4.79 Å². The third-order valence-corrected chi connectivity index (χ3v) is 4.08. The lowest BCUT2D eigenvalue weighted by atomic mass is 10.1. The van der Waals surface area contributed by atoms with Gasteiger partial charge in [0, 0.05) is 12.1 Å². The van der Waals surface area contributed by atoms with Crippen molar-refractivity contribution in [2.24, 2.45) is 4.99 Å². The van der Waals surface area contributed by atoms with Crippen molar-refractivity contribution in [3.8, 4) is 0 Å². The van der Waals surface area contributed by atoms with Crippen LogP contribution in [-0.4, -0.2) is 52.9 Å². The van der Waals surface area contributed by atoms with Crippen LogP contribution in [0.3, 0.4) is 0 Å². The van der Waals surface area contributed by atoms with Crippen LogP contribution in [0.25, 0.3) is 0 Å². The third kappa shape index (κ3) is 4.94. The number of carboxylic acid groups (broad SMARTS) is 1. The number of carboxylic acids is 1. The molecule has 1 aliphatic rings. The standard InChI is InChI=1S/C20H19N3O5/c24-17(25)12-23-11-16(19(26)22-18(23)15-9-5-2-6-10-15)21-20(27)28-13-14-7-3-1-4-8-14/h1-10,16H,11-13H2,(H,21,27)(H,24,25). The quantitative estimate of drug-likeness (QED) is 0.788. The summed E-state index contributed by atoms with van der Waals surface area (Å²) in [6, 6.07) is 17.0. The predicted molar refractivity (Wildman–Crippen MR) is 101 cm³/mol. The average molecular weight is 381 g/mol. The zero-order valence-electron chi connectivity index (χ0n) is 14.9. The van der Waals surface area contributed by atoms with Crippen LogP contribution in [0.4, 0.5) is 4.79 Å². The van der Waals surface area contributed by atoms with E-state index in [0.717, 1.165) is 5.56 Å². The number of carbonyl (C=O) groups is 3. The van der Waals surface area contributed by atoms with Gasteiger partial charge in [0.05, 0.1) is 0 Å². The largest absolute Gasteiger partial charge is 0.480 e. The molecule has 0 bridgehead atoms. The molecule has 8 nitrogen and oxygen atoms in total. The minimum absolute atomic E-state index is 0.0146. The molecule has 0 aliphatic carbocycles. The smallest absolute Gasteiger partial charge is 0.408 e. The second-order valence-electron chi connectivity index (χ2n) is 6.17. The molecule has 0 fully saturated rings. The lowest BCUT2D eigenvalue weighted by Gasteiger charge is -2.31. The number of aliphatic imine (C=N–C) groups is 1. The maximum Gasteiger partial charge on any atom is 0.408 e. The summed E-state index contributed by atoms with van der Waals surface area (Å²) in [5.41, 5.74) is 1.44. The van der Waals surface area contributed by atoms with Gasteiger partial charge in [-0.2, -0.15) is 4.99 Å². The Morgan fingerprint density at radius 3 is 2.39 bits per heavy atom. The summed E-state index contributed by atoms with van der Waals surface area (Å²) >= 11 is 0. The van der Waals surface area contributed by atoms with Gasteiger partial charge in [0.2, 0.25) is 0 Å². The van der Waals surface area contributed by atoms with Crippen LogP contribution < -0.4 is 5.32 Å². The lowest BCUT2D eigenvalue weighted by molar-refractivity contribution is -0.138. The van der Waals surface area contributed by atoms with Gasteiger partial charge >= 0.3 is 12.1 Å². The van der Waals surface area contributed by atoms with Crippen LogP contribution in [0.2, 0.25) is 0 Å². The molecule has 1 unspecified atom stereocenters. The number of amidine groups is 1. The first-order valence-corrected chi connectivity index (χ1v) is 8.65. The zero-order chi connectivity index (χ0) is 19.9. The molecule has 2 amide bonds. The van der Waals surface area contributed by atoms with Crippen molar-refractivity contribution in [2.45, 2.75) is 12.6 Å². The Balaban J connectivity index is 1.69. The first-order chi connectivity index (χ1) is 13.5. The highest BCUT2D eigenvalue weighted by Gasteiger charge is 2.32. The number of nitrogens with zero attached hydrogens (tertiary/aromatic N) is 2.